The van der Waals surface area contributed by atoms with Gasteiger partial charge < -0.3 is 10.5 Å². The van der Waals surface area contributed by atoms with Crippen molar-refractivity contribution in [1.82, 2.24) is 9.78 Å². The lowest BCUT2D eigenvalue weighted by molar-refractivity contribution is 0.429. The second kappa shape index (κ2) is 6.43. The molecule has 2 rings (SSSR count). The van der Waals surface area contributed by atoms with Crippen LogP contribution in [0.4, 0.5) is 0 Å². The van der Waals surface area contributed by atoms with Gasteiger partial charge in [-0.2, -0.15) is 5.10 Å². The molecule has 0 aliphatic carbocycles. The minimum atomic E-state index is -0.0323. The van der Waals surface area contributed by atoms with Crippen LogP contribution in [-0.4, -0.2) is 15.6 Å². The van der Waals surface area contributed by atoms with Gasteiger partial charge in [0.25, 0.3) is 0 Å². The number of nitrogens with zero attached hydrogens (tertiary/aromatic N) is 2. The van der Waals surface area contributed by atoms with Crippen LogP contribution in [0.25, 0.3) is 0 Å². The lowest BCUT2D eigenvalue weighted by atomic mass is 10.1. The molecule has 21 heavy (non-hydrogen) atoms. The first-order chi connectivity index (χ1) is 10.0. The summed E-state index contributed by atoms with van der Waals surface area (Å²) < 4.78 is 7.47. The van der Waals surface area contributed by atoms with Crippen molar-refractivity contribution in [3.8, 4) is 11.6 Å². The fraction of sp³-hybridized carbons (Fsp3) is 0.375. The first-order valence-electron chi connectivity index (χ1n) is 7.17. The van der Waals surface area contributed by atoms with E-state index in [9.17, 15) is 0 Å². The van der Waals surface area contributed by atoms with Crippen LogP contribution < -0.4 is 10.5 Å². The quantitative estimate of drug-likeness (QED) is 0.632. The molecule has 0 radical (unpaired) electrons. The third kappa shape index (κ3) is 3.42. The Morgan fingerprint density at radius 2 is 2.00 bits per heavy atom. The summed E-state index contributed by atoms with van der Waals surface area (Å²) in [6.07, 6.45) is 3.46. The first kappa shape index (κ1) is 15.1. The van der Waals surface area contributed by atoms with Crippen molar-refractivity contribution < 1.29 is 4.74 Å². The number of hydrogen-bond donors (Lipinski definition) is 2. The van der Waals surface area contributed by atoms with Crippen LogP contribution in [0.2, 0.25) is 0 Å². The normalized spacial score (nSPS) is 10.6. The Balaban J connectivity index is 2.20. The third-order valence-corrected chi connectivity index (χ3v) is 3.40. The fourth-order valence-electron chi connectivity index (χ4n) is 2.28. The molecule has 1 aromatic carbocycles. The SMILES string of the molecule is CCCCc1ccc(Oc2c(C(=N)N)c(C)nn2C)cc1. The number of aryl methyl sites for hydroxylation is 3. The second-order valence-electron chi connectivity index (χ2n) is 5.15. The molecular weight excluding hydrogens is 264 g/mol. The van der Waals surface area contributed by atoms with Crippen LogP contribution in [0.3, 0.4) is 0 Å². The number of unbranched alkanes of at least 4 members (excludes halogenated alkanes) is 1. The molecule has 0 unspecified atom stereocenters. The molecule has 0 aliphatic rings. The van der Waals surface area contributed by atoms with Gasteiger partial charge in [-0.15, -0.1) is 0 Å². The first-order valence-corrected chi connectivity index (χ1v) is 7.17. The summed E-state index contributed by atoms with van der Waals surface area (Å²) in [6.45, 7) is 4.00. The van der Waals surface area contributed by atoms with Gasteiger partial charge >= 0.3 is 0 Å². The molecular formula is C16H22N4O. The lowest BCUT2D eigenvalue weighted by Crippen LogP contribution is -2.13. The molecule has 0 fully saturated rings. The molecule has 112 valence electrons. The summed E-state index contributed by atoms with van der Waals surface area (Å²) in [4.78, 5) is 0. The smallest absolute Gasteiger partial charge is 0.228 e. The average Bonchev–Trinajstić information content (AvgIpc) is 2.72. The van der Waals surface area contributed by atoms with Crippen LogP contribution in [0.1, 0.15) is 36.6 Å². The Hall–Kier alpha value is -2.30. The van der Waals surface area contributed by atoms with E-state index in [1.165, 1.54) is 18.4 Å². The van der Waals surface area contributed by atoms with E-state index in [0.29, 0.717) is 17.1 Å². The minimum Gasteiger partial charge on any atom is -0.439 e. The van der Waals surface area contributed by atoms with Crippen molar-refractivity contribution in [2.45, 2.75) is 33.1 Å². The van der Waals surface area contributed by atoms with E-state index in [1.807, 2.05) is 19.1 Å². The molecule has 0 atom stereocenters. The number of rotatable bonds is 6. The van der Waals surface area contributed by atoms with Crippen LogP contribution in [0.15, 0.2) is 24.3 Å². The molecule has 5 nitrogen and oxygen atoms in total. The van der Waals surface area contributed by atoms with Crippen molar-refractivity contribution in [3.05, 3.63) is 41.1 Å². The Bertz CT molecular complexity index is 628. The van der Waals surface area contributed by atoms with Crippen molar-refractivity contribution in [1.29, 1.82) is 5.41 Å². The van der Waals surface area contributed by atoms with Crippen LogP contribution >= 0.6 is 0 Å². The molecule has 0 aliphatic heterocycles. The molecule has 1 aromatic heterocycles. The number of nitrogen functional groups attached to an aromatic ring is 1. The monoisotopic (exact) mass is 286 g/mol. The maximum absolute atomic E-state index is 7.65. The second-order valence-corrected chi connectivity index (χ2v) is 5.15. The molecule has 0 bridgehead atoms. The van der Waals surface area contributed by atoms with E-state index in [-0.39, 0.29) is 5.84 Å². The van der Waals surface area contributed by atoms with Gasteiger partial charge in [0.15, 0.2) is 0 Å². The van der Waals surface area contributed by atoms with Gasteiger partial charge in [0.1, 0.15) is 17.1 Å². The highest BCUT2D eigenvalue weighted by molar-refractivity contribution is 5.98. The highest BCUT2D eigenvalue weighted by Gasteiger charge is 2.17. The summed E-state index contributed by atoms with van der Waals surface area (Å²) in [5, 5.41) is 11.9. The Labute approximate surface area is 125 Å². The van der Waals surface area contributed by atoms with Crippen molar-refractivity contribution in [3.63, 3.8) is 0 Å². The highest BCUT2D eigenvalue weighted by atomic mass is 16.5. The molecule has 0 spiro atoms. The molecule has 0 amide bonds. The van der Waals surface area contributed by atoms with Crippen LogP contribution in [0, 0.1) is 12.3 Å². The van der Waals surface area contributed by atoms with E-state index < -0.39 is 0 Å². The van der Waals surface area contributed by atoms with Gasteiger partial charge in [0.05, 0.1) is 5.69 Å². The average molecular weight is 286 g/mol. The maximum Gasteiger partial charge on any atom is 0.228 e. The Kier molecular flexibility index (Phi) is 4.62. The van der Waals surface area contributed by atoms with Gasteiger partial charge in [0.2, 0.25) is 5.88 Å². The van der Waals surface area contributed by atoms with Crippen molar-refractivity contribution >= 4 is 5.84 Å². The predicted octanol–water partition coefficient (Wildman–Crippen LogP) is 3.15. The van der Waals surface area contributed by atoms with E-state index >= 15 is 0 Å². The largest absolute Gasteiger partial charge is 0.439 e. The van der Waals surface area contributed by atoms with Crippen molar-refractivity contribution in [2.24, 2.45) is 12.8 Å². The molecule has 3 N–H and O–H groups in total. The topological polar surface area (TPSA) is 76.9 Å². The third-order valence-electron chi connectivity index (χ3n) is 3.40. The standard InChI is InChI=1S/C16H22N4O/c1-4-5-6-12-7-9-13(10-8-12)21-16-14(15(17)18)11(2)19-20(16)3/h7-10H,4-6H2,1-3H3,(H3,17,18). The number of nitrogens with two attached hydrogens (primary N) is 1. The summed E-state index contributed by atoms with van der Waals surface area (Å²) in [5.74, 6) is 1.19. The number of nitrogens with one attached hydrogen (secondary N) is 1. The van der Waals surface area contributed by atoms with Gasteiger partial charge in [-0.1, -0.05) is 25.5 Å². The number of hydrogen-bond acceptors (Lipinski definition) is 3. The van der Waals surface area contributed by atoms with Gasteiger partial charge in [0, 0.05) is 7.05 Å². The van der Waals surface area contributed by atoms with Gasteiger partial charge in [-0.25, -0.2) is 4.68 Å². The van der Waals surface area contributed by atoms with Crippen LogP contribution in [-0.2, 0) is 13.5 Å². The summed E-state index contributed by atoms with van der Waals surface area (Å²) in [6, 6.07) is 8.03. The van der Waals surface area contributed by atoms with E-state index in [0.717, 1.165) is 12.2 Å². The predicted molar refractivity (Wildman–Crippen MR) is 84.1 cm³/mol. The van der Waals surface area contributed by atoms with Crippen molar-refractivity contribution in [2.75, 3.05) is 0 Å². The zero-order chi connectivity index (χ0) is 15.4. The lowest BCUT2D eigenvalue weighted by Gasteiger charge is -2.09. The molecule has 2 aromatic rings. The van der Waals surface area contributed by atoms with Gasteiger partial charge in [-0.3, -0.25) is 5.41 Å². The molecule has 1 heterocycles. The number of amidine groups is 1. The van der Waals surface area contributed by atoms with E-state index in [4.69, 9.17) is 15.9 Å². The number of ether oxygens (including phenoxy) is 1. The highest BCUT2D eigenvalue weighted by Crippen LogP contribution is 2.27. The van der Waals surface area contributed by atoms with Gasteiger partial charge in [-0.05, 0) is 37.5 Å². The molecule has 0 saturated heterocycles. The summed E-state index contributed by atoms with van der Waals surface area (Å²) >= 11 is 0. The zero-order valence-electron chi connectivity index (χ0n) is 12.8. The van der Waals surface area contributed by atoms with Crippen LogP contribution in [0.5, 0.6) is 11.6 Å². The Morgan fingerprint density at radius 1 is 1.33 bits per heavy atom. The fourth-order valence-corrected chi connectivity index (χ4v) is 2.28. The van der Waals surface area contributed by atoms with E-state index in [2.05, 4.69) is 24.2 Å². The molecule has 0 saturated carbocycles. The van der Waals surface area contributed by atoms with E-state index in [1.54, 1.807) is 11.7 Å². The minimum absolute atomic E-state index is 0.0323. The summed E-state index contributed by atoms with van der Waals surface area (Å²) in [7, 11) is 1.78. The zero-order valence-corrected chi connectivity index (χ0v) is 12.8. The maximum atomic E-state index is 7.65. The Morgan fingerprint density at radius 3 is 2.57 bits per heavy atom. The molecule has 5 heteroatoms. The number of benzene rings is 1. The summed E-state index contributed by atoms with van der Waals surface area (Å²) in [5.41, 5.74) is 8.16. The number of aromatic nitrogens is 2.